The minimum absolute atomic E-state index is 0.546. The summed E-state index contributed by atoms with van der Waals surface area (Å²) in [4.78, 5) is 0. The van der Waals surface area contributed by atoms with E-state index in [1.165, 1.54) is 30.4 Å². The molecule has 1 aliphatic rings. The van der Waals surface area contributed by atoms with Gasteiger partial charge in [0.15, 0.2) is 0 Å². The molecule has 1 N–H and O–H groups in total. The Morgan fingerprint density at radius 3 is 2.69 bits per heavy atom. The van der Waals surface area contributed by atoms with Crippen LogP contribution < -0.4 is 5.32 Å². The zero-order chi connectivity index (χ0) is 11.5. The summed E-state index contributed by atoms with van der Waals surface area (Å²) in [6.45, 7) is 4.55. The maximum atomic E-state index is 3.51. The molecule has 0 saturated heterocycles. The first-order valence-electron chi connectivity index (χ1n) is 6.44. The fourth-order valence-corrected chi connectivity index (χ4v) is 3.09. The highest BCUT2D eigenvalue weighted by atomic mass is 14.9. The van der Waals surface area contributed by atoms with Crippen molar-refractivity contribution in [2.24, 2.45) is 11.8 Å². The number of hydrogen-bond donors (Lipinski definition) is 1. The molecule has 2 rings (SSSR count). The monoisotopic (exact) mass is 217 g/mol. The average molecular weight is 217 g/mol. The maximum Gasteiger partial charge on any atom is 0.0346 e. The summed E-state index contributed by atoms with van der Waals surface area (Å²) in [7, 11) is 2.09. The lowest BCUT2D eigenvalue weighted by atomic mass is 9.90. The summed E-state index contributed by atoms with van der Waals surface area (Å²) in [5, 5.41) is 3.51. The van der Waals surface area contributed by atoms with E-state index in [4.69, 9.17) is 0 Å². The number of benzene rings is 1. The molecule has 0 radical (unpaired) electrons. The quantitative estimate of drug-likeness (QED) is 0.814. The average Bonchev–Trinajstić information content (AvgIpc) is 2.66. The highest BCUT2D eigenvalue weighted by molar-refractivity contribution is 5.25. The van der Waals surface area contributed by atoms with Crippen LogP contribution in [0.15, 0.2) is 24.3 Å². The third-order valence-corrected chi connectivity index (χ3v) is 3.92. The van der Waals surface area contributed by atoms with Gasteiger partial charge in [-0.2, -0.15) is 0 Å². The molecule has 0 bridgehead atoms. The second-order valence-electron chi connectivity index (χ2n) is 5.36. The Balaban J connectivity index is 2.16. The van der Waals surface area contributed by atoms with Crippen LogP contribution in [0.3, 0.4) is 0 Å². The molecule has 88 valence electrons. The van der Waals surface area contributed by atoms with Gasteiger partial charge in [0, 0.05) is 6.04 Å². The van der Waals surface area contributed by atoms with Gasteiger partial charge in [-0.25, -0.2) is 0 Å². The zero-order valence-corrected chi connectivity index (χ0v) is 10.7. The van der Waals surface area contributed by atoms with E-state index in [1.54, 1.807) is 0 Å². The normalized spacial score (nSPS) is 26.9. The number of hydrogen-bond acceptors (Lipinski definition) is 1. The third kappa shape index (κ3) is 2.46. The first-order valence-corrected chi connectivity index (χ1v) is 6.44. The largest absolute Gasteiger partial charge is 0.313 e. The minimum Gasteiger partial charge on any atom is -0.313 e. The molecule has 1 aromatic carbocycles. The zero-order valence-electron chi connectivity index (χ0n) is 10.7. The SMILES string of the molecule is CNC(c1cccc(C)c1)C1CCC(C)C1. The molecule has 1 aliphatic carbocycles. The van der Waals surface area contributed by atoms with Gasteiger partial charge in [-0.1, -0.05) is 43.2 Å². The Labute approximate surface area is 99.3 Å². The van der Waals surface area contributed by atoms with Crippen LogP contribution in [-0.2, 0) is 0 Å². The number of rotatable bonds is 3. The second-order valence-corrected chi connectivity index (χ2v) is 5.36. The fraction of sp³-hybridized carbons (Fsp3) is 0.600. The van der Waals surface area contributed by atoms with Crippen molar-refractivity contribution in [3.63, 3.8) is 0 Å². The van der Waals surface area contributed by atoms with E-state index < -0.39 is 0 Å². The second kappa shape index (κ2) is 5.01. The molecule has 1 nitrogen and oxygen atoms in total. The van der Waals surface area contributed by atoms with Crippen molar-refractivity contribution in [3.05, 3.63) is 35.4 Å². The van der Waals surface area contributed by atoms with Crippen LogP contribution in [0.5, 0.6) is 0 Å². The van der Waals surface area contributed by atoms with Crippen molar-refractivity contribution in [3.8, 4) is 0 Å². The fourth-order valence-electron chi connectivity index (χ4n) is 3.09. The Morgan fingerprint density at radius 2 is 2.12 bits per heavy atom. The van der Waals surface area contributed by atoms with Crippen LogP contribution in [0.1, 0.15) is 43.4 Å². The summed E-state index contributed by atoms with van der Waals surface area (Å²) in [6, 6.07) is 9.48. The Bertz CT molecular complexity index is 345. The van der Waals surface area contributed by atoms with Crippen LogP contribution in [0, 0.1) is 18.8 Å². The van der Waals surface area contributed by atoms with Crippen LogP contribution in [0.4, 0.5) is 0 Å². The Kier molecular flexibility index (Phi) is 3.65. The van der Waals surface area contributed by atoms with Crippen molar-refractivity contribution in [2.75, 3.05) is 7.05 Å². The predicted molar refractivity (Wildman–Crippen MR) is 69.5 cm³/mol. The number of nitrogens with one attached hydrogen (secondary N) is 1. The molecule has 0 aliphatic heterocycles. The lowest BCUT2D eigenvalue weighted by Crippen LogP contribution is -2.23. The summed E-state index contributed by atoms with van der Waals surface area (Å²) in [6.07, 6.45) is 4.15. The van der Waals surface area contributed by atoms with Gasteiger partial charge >= 0.3 is 0 Å². The standard InChI is InChI=1S/C15H23N/c1-11-5-4-6-13(9-11)15(16-3)14-8-7-12(2)10-14/h4-6,9,12,14-16H,7-8,10H2,1-3H3. The molecule has 0 spiro atoms. The van der Waals surface area contributed by atoms with Crippen LogP contribution in [0.2, 0.25) is 0 Å². The van der Waals surface area contributed by atoms with Gasteiger partial charge in [-0.05, 0) is 44.2 Å². The van der Waals surface area contributed by atoms with Gasteiger partial charge < -0.3 is 5.32 Å². The lowest BCUT2D eigenvalue weighted by Gasteiger charge is -2.24. The highest BCUT2D eigenvalue weighted by Gasteiger charge is 2.28. The first kappa shape index (κ1) is 11.7. The van der Waals surface area contributed by atoms with Crippen molar-refractivity contribution in [1.29, 1.82) is 0 Å². The molecular formula is C15H23N. The van der Waals surface area contributed by atoms with Gasteiger partial charge in [0.1, 0.15) is 0 Å². The van der Waals surface area contributed by atoms with Gasteiger partial charge in [0.05, 0.1) is 0 Å². The maximum absolute atomic E-state index is 3.51. The van der Waals surface area contributed by atoms with Crippen LogP contribution >= 0.6 is 0 Å². The topological polar surface area (TPSA) is 12.0 Å². The van der Waals surface area contributed by atoms with Crippen LogP contribution in [-0.4, -0.2) is 7.05 Å². The van der Waals surface area contributed by atoms with Gasteiger partial charge in [-0.15, -0.1) is 0 Å². The van der Waals surface area contributed by atoms with E-state index in [9.17, 15) is 0 Å². The van der Waals surface area contributed by atoms with Gasteiger partial charge in [-0.3, -0.25) is 0 Å². The molecule has 3 atom stereocenters. The summed E-state index contributed by atoms with van der Waals surface area (Å²) < 4.78 is 0. The van der Waals surface area contributed by atoms with E-state index in [-0.39, 0.29) is 0 Å². The molecule has 0 amide bonds. The van der Waals surface area contributed by atoms with Gasteiger partial charge in [0.2, 0.25) is 0 Å². The van der Waals surface area contributed by atoms with Crippen molar-refractivity contribution in [2.45, 2.75) is 39.2 Å². The highest BCUT2D eigenvalue weighted by Crippen LogP contribution is 2.38. The molecule has 1 aromatic rings. The molecule has 1 fully saturated rings. The minimum atomic E-state index is 0.546. The first-order chi connectivity index (χ1) is 7.70. The lowest BCUT2D eigenvalue weighted by molar-refractivity contribution is 0.379. The van der Waals surface area contributed by atoms with Gasteiger partial charge in [0.25, 0.3) is 0 Å². The van der Waals surface area contributed by atoms with E-state index >= 15 is 0 Å². The molecular weight excluding hydrogens is 194 g/mol. The van der Waals surface area contributed by atoms with Crippen molar-refractivity contribution in [1.82, 2.24) is 5.32 Å². The third-order valence-electron chi connectivity index (χ3n) is 3.92. The van der Waals surface area contributed by atoms with E-state index in [1.807, 2.05) is 0 Å². The van der Waals surface area contributed by atoms with E-state index in [0.717, 1.165) is 11.8 Å². The molecule has 1 saturated carbocycles. The van der Waals surface area contributed by atoms with Crippen molar-refractivity contribution >= 4 is 0 Å². The smallest absolute Gasteiger partial charge is 0.0346 e. The summed E-state index contributed by atoms with van der Waals surface area (Å²) in [5.74, 6) is 1.73. The predicted octanol–water partition coefficient (Wildman–Crippen LogP) is 3.69. The molecule has 1 heteroatoms. The molecule has 0 aromatic heterocycles. The molecule has 0 heterocycles. The van der Waals surface area contributed by atoms with E-state index in [0.29, 0.717) is 6.04 Å². The summed E-state index contributed by atoms with van der Waals surface area (Å²) >= 11 is 0. The van der Waals surface area contributed by atoms with Crippen molar-refractivity contribution < 1.29 is 0 Å². The van der Waals surface area contributed by atoms with Crippen LogP contribution in [0.25, 0.3) is 0 Å². The molecule has 3 unspecified atom stereocenters. The van der Waals surface area contributed by atoms with E-state index in [2.05, 4.69) is 50.5 Å². The molecule has 16 heavy (non-hydrogen) atoms. The summed E-state index contributed by atoms with van der Waals surface area (Å²) in [5.41, 5.74) is 2.82. The number of aryl methyl sites for hydroxylation is 1. The Hall–Kier alpha value is -0.820. The Morgan fingerprint density at radius 1 is 1.31 bits per heavy atom.